The van der Waals surface area contributed by atoms with Gasteiger partial charge in [0.1, 0.15) is 11.2 Å². The van der Waals surface area contributed by atoms with Crippen LogP contribution in [0.15, 0.2) is 373 Å². The van der Waals surface area contributed by atoms with E-state index in [4.69, 9.17) is 8.83 Å². The van der Waals surface area contributed by atoms with Gasteiger partial charge in [-0.15, -0.1) is 0 Å². The second kappa shape index (κ2) is 22.8. The minimum atomic E-state index is -0.768. The molecule has 0 fully saturated rings. The normalized spacial score (nSPS) is 12.4. The summed E-state index contributed by atoms with van der Waals surface area (Å²) in [5.74, 6) is 0. The van der Waals surface area contributed by atoms with Crippen LogP contribution < -0.4 is 9.80 Å². The van der Waals surface area contributed by atoms with Crippen LogP contribution in [-0.4, -0.2) is 0 Å². The van der Waals surface area contributed by atoms with Gasteiger partial charge in [-0.25, -0.2) is 0 Å². The Hall–Kier alpha value is -12.8. The number of furan rings is 2. The Morgan fingerprint density at radius 3 is 0.990 bits per heavy atom. The van der Waals surface area contributed by atoms with Crippen molar-refractivity contribution in [1.82, 2.24) is 0 Å². The highest BCUT2D eigenvalue weighted by Gasteiger charge is 2.48. The van der Waals surface area contributed by atoms with Crippen molar-refractivity contribution in [2.24, 2.45) is 0 Å². The zero-order valence-corrected chi connectivity index (χ0v) is 52.9. The Balaban J connectivity index is 0.840. The molecule has 19 rings (SSSR count). The molecule has 0 aliphatic heterocycles. The van der Waals surface area contributed by atoms with Crippen molar-refractivity contribution in [1.29, 1.82) is 0 Å². The quantitative estimate of drug-likeness (QED) is 0.122. The topological polar surface area (TPSA) is 32.8 Å². The van der Waals surface area contributed by atoms with Crippen molar-refractivity contribution >= 4 is 99.5 Å². The molecule has 454 valence electrons. The van der Waals surface area contributed by atoms with E-state index in [0.717, 1.165) is 133 Å². The summed E-state index contributed by atoms with van der Waals surface area (Å²) in [5.41, 5.74) is 25.0. The lowest BCUT2D eigenvalue weighted by molar-refractivity contribution is 0.668. The lowest BCUT2D eigenvalue weighted by Gasteiger charge is -2.36. The van der Waals surface area contributed by atoms with E-state index in [1.165, 1.54) is 44.2 Å². The van der Waals surface area contributed by atoms with Crippen molar-refractivity contribution in [3.8, 4) is 55.6 Å². The highest BCUT2D eigenvalue weighted by Crippen LogP contribution is 2.61. The van der Waals surface area contributed by atoms with Gasteiger partial charge in [-0.3, -0.25) is 0 Å². The minimum Gasteiger partial charge on any atom is -0.454 e. The van der Waals surface area contributed by atoms with Gasteiger partial charge in [0.2, 0.25) is 0 Å². The van der Waals surface area contributed by atoms with Crippen LogP contribution in [-0.2, 0) is 5.41 Å². The van der Waals surface area contributed by atoms with E-state index in [-0.39, 0.29) is 0 Å². The molecule has 0 radical (unpaired) electrons. The van der Waals surface area contributed by atoms with E-state index >= 15 is 0 Å². The number of nitrogens with zero attached hydrogens (tertiary/aromatic N) is 2. The van der Waals surface area contributed by atoms with Crippen molar-refractivity contribution < 1.29 is 8.83 Å². The first-order valence-corrected chi connectivity index (χ1v) is 33.3. The molecule has 1 aliphatic rings. The second-order valence-electron chi connectivity index (χ2n) is 25.4. The Morgan fingerprint density at radius 1 is 0.216 bits per heavy atom. The van der Waals surface area contributed by atoms with Gasteiger partial charge in [-0.1, -0.05) is 291 Å². The molecule has 18 aromatic rings. The molecular weight excluding hydrogens is 1180 g/mol. The fraction of sp³-hybridized carbons (Fsp3) is 0.0108. The summed E-state index contributed by atoms with van der Waals surface area (Å²) < 4.78 is 14.0. The van der Waals surface area contributed by atoms with Crippen LogP contribution in [0.25, 0.3) is 121 Å². The molecule has 0 N–H and O–H groups in total. The third-order valence-electron chi connectivity index (χ3n) is 20.1. The van der Waals surface area contributed by atoms with Gasteiger partial charge in [-0.05, 0) is 161 Å². The zero-order chi connectivity index (χ0) is 64.0. The van der Waals surface area contributed by atoms with Crippen molar-refractivity contribution in [2.45, 2.75) is 5.41 Å². The van der Waals surface area contributed by atoms with Crippen LogP contribution >= 0.6 is 0 Å². The molecule has 97 heavy (non-hydrogen) atoms. The first kappa shape index (κ1) is 55.8. The predicted molar refractivity (Wildman–Crippen MR) is 404 cm³/mol. The van der Waals surface area contributed by atoms with E-state index in [1.54, 1.807) is 0 Å². The molecule has 0 amide bonds. The monoisotopic (exact) mass is 1240 g/mol. The summed E-state index contributed by atoms with van der Waals surface area (Å²) in [6.45, 7) is 0. The minimum absolute atomic E-state index is 0.768. The smallest absolute Gasteiger partial charge is 0.159 e. The van der Waals surface area contributed by atoms with Gasteiger partial charge in [0, 0.05) is 44.0 Å². The molecule has 0 spiro atoms. The molecule has 16 aromatic carbocycles. The third-order valence-corrected chi connectivity index (χ3v) is 20.1. The van der Waals surface area contributed by atoms with E-state index in [1.807, 2.05) is 0 Å². The zero-order valence-electron chi connectivity index (χ0n) is 52.9. The highest BCUT2D eigenvalue weighted by molar-refractivity contribution is 6.14. The standard InChI is InChI=1S/C93H60N2O2/c1-7-25-61(26-8-1)65-47-55-83(81(59-65)63-29-11-3-12-30-63)94(85-41-23-39-79-75-37-19-21-43-87(75)96-91(79)85)71-49-53-73-67(57-71)45-51-77-78-52-46-68-58-72(50-54-74(68)90(78)93(89(73)77,69-33-15-5-16-34-69)70-35-17-6-18-36-70)95(86-42-24-40-80-76-38-20-22-44-88(76)97-92(80)86)84-56-48-66(62-27-9-2-10-28-62)60-82(84)64-31-13-4-14-32-64/h1-60H. The first-order valence-electron chi connectivity index (χ1n) is 33.3. The van der Waals surface area contributed by atoms with Gasteiger partial charge in [-0.2, -0.15) is 0 Å². The van der Waals surface area contributed by atoms with E-state index in [9.17, 15) is 0 Å². The molecule has 0 unspecified atom stereocenters. The summed E-state index contributed by atoms with van der Waals surface area (Å²) >= 11 is 0. The lowest BCUT2D eigenvalue weighted by atomic mass is 9.66. The SMILES string of the molecule is c1ccc(-c2ccc(N(c3ccc4c5c(ccc4c3)-c3ccc4cc(N(c6ccc(-c7ccccc7)cc6-c6ccccc6)c6cccc7c6oc6ccccc67)ccc4c3C5(c3ccccc3)c3ccccc3)c3cccc4c3oc3ccccc34)c(-c3ccccc3)c2)cc1. The number of benzene rings is 16. The maximum absolute atomic E-state index is 6.98. The molecular formula is C93H60N2O2. The Bertz CT molecular complexity index is 5690. The predicted octanol–water partition coefficient (Wildman–Crippen LogP) is 25.8. The van der Waals surface area contributed by atoms with Crippen LogP contribution in [0, 0.1) is 0 Å². The van der Waals surface area contributed by atoms with Gasteiger partial charge in [0.05, 0.1) is 28.2 Å². The number of para-hydroxylation sites is 4. The lowest BCUT2D eigenvalue weighted by Crippen LogP contribution is -2.29. The number of rotatable bonds is 12. The van der Waals surface area contributed by atoms with Crippen LogP contribution in [0.2, 0.25) is 0 Å². The number of fused-ring (bicyclic) bond motifs is 13. The fourth-order valence-corrected chi connectivity index (χ4v) is 15.8. The summed E-state index contributed by atoms with van der Waals surface area (Å²) in [5, 5.41) is 8.91. The molecule has 4 nitrogen and oxygen atoms in total. The van der Waals surface area contributed by atoms with Crippen molar-refractivity contribution in [3.63, 3.8) is 0 Å². The van der Waals surface area contributed by atoms with E-state index in [2.05, 4.69) is 374 Å². The number of anilines is 6. The molecule has 0 bridgehead atoms. The molecule has 0 saturated carbocycles. The highest BCUT2D eigenvalue weighted by atomic mass is 16.3. The van der Waals surface area contributed by atoms with Crippen LogP contribution in [0.1, 0.15) is 22.3 Å². The van der Waals surface area contributed by atoms with Gasteiger partial charge in [0.25, 0.3) is 0 Å². The Labute approximate surface area is 562 Å². The average molecular weight is 1240 g/mol. The Morgan fingerprint density at radius 2 is 0.577 bits per heavy atom. The van der Waals surface area contributed by atoms with E-state index < -0.39 is 5.41 Å². The maximum atomic E-state index is 6.98. The third kappa shape index (κ3) is 8.99. The molecule has 2 aromatic heterocycles. The Kier molecular flexibility index (Phi) is 13.1. The summed E-state index contributed by atoms with van der Waals surface area (Å²) in [4.78, 5) is 4.85. The summed E-state index contributed by atoms with van der Waals surface area (Å²) in [6.07, 6.45) is 0. The molecule has 1 aliphatic carbocycles. The first-order chi connectivity index (χ1) is 48.1. The van der Waals surface area contributed by atoms with Crippen molar-refractivity contribution in [2.75, 3.05) is 9.80 Å². The molecule has 0 saturated heterocycles. The molecule has 4 heteroatoms. The van der Waals surface area contributed by atoms with E-state index in [0.29, 0.717) is 0 Å². The maximum Gasteiger partial charge on any atom is 0.159 e. The van der Waals surface area contributed by atoms with Crippen LogP contribution in [0.3, 0.4) is 0 Å². The summed E-state index contributed by atoms with van der Waals surface area (Å²) in [7, 11) is 0. The summed E-state index contributed by atoms with van der Waals surface area (Å²) in [6, 6.07) is 133. The van der Waals surface area contributed by atoms with Gasteiger partial charge < -0.3 is 18.6 Å². The molecule has 0 atom stereocenters. The van der Waals surface area contributed by atoms with Gasteiger partial charge in [0.15, 0.2) is 11.2 Å². The fourth-order valence-electron chi connectivity index (χ4n) is 15.8. The van der Waals surface area contributed by atoms with Crippen molar-refractivity contribution in [3.05, 3.63) is 386 Å². The number of hydrogen-bond acceptors (Lipinski definition) is 4. The van der Waals surface area contributed by atoms with Crippen LogP contribution in [0.5, 0.6) is 0 Å². The van der Waals surface area contributed by atoms with Crippen LogP contribution in [0.4, 0.5) is 34.1 Å². The number of hydrogen-bond donors (Lipinski definition) is 0. The largest absolute Gasteiger partial charge is 0.454 e. The second-order valence-corrected chi connectivity index (χ2v) is 25.4. The van der Waals surface area contributed by atoms with Gasteiger partial charge >= 0.3 is 0 Å². The molecule has 2 heterocycles. The average Bonchev–Trinajstić information content (AvgIpc) is 1.53.